The number of para-hydroxylation sites is 1. The van der Waals surface area contributed by atoms with E-state index in [1.165, 1.54) is 17.0 Å². The summed E-state index contributed by atoms with van der Waals surface area (Å²) in [7, 11) is 0. The lowest BCUT2D eigenvalue weighted by atomic mass is 9.88. The minimum Gasteiger partial charge on any atom is -0.486 e. The van der Waals surface area contributed by atoms with E-state index in [1.807, 2.05) is 0 Å². The quantitative estimate of drug-likeness (QED) is 0.623. The van der Waals surface area contributed by atoms with Crippen molar-refractivity contribution < 1.29 is 28.6 Å². The minimum atomic E-state index is -2.00. The maximum Gasteiger partial charge on any atom is 0.264 e. The molecule has 0 saturated carbocycles. The number of Topliss-reactive ketones (excluding diaryl/α,β-unsaturated/α-hetero) is 1. The normalized spacial score (nSPS) is 19.1. The van der Waals surface area contributed by atoms with Gasteiger partial charge in [0, 0.05) is 11.1 Å². The van der Waals surface area contributed by atoms with Crippen LogP contribution in [0.5, 0.6) is 11.5 Å². The van der Waals surface area contributed by atoms with Gasteiger partial charge in [-0.1, -0.05) is 30.3 Å². The molecule has 3 aromatic rings. The Balaban J connectivity index is 1.44. The Kier molecular flexibility index (Phi) is 4.90. The highest BCUT2D eigenvalue weighted by atomic mass is 19.1. The number of rotatable bonds is 5. The maximum atomic E-state index is 13.4. The Hall–Kier alpha value is -3.71. The Bertz CT molecular complexity index is 1210. The lowest BCUT2D eigenvalue weighted by Crippen LogP contribution is -2.41. The van der Waals surface area contributed by atoms with E-state index < -0.39 is 23.7 Å². The predicted molar refractivity (Wildman–Crippen MR) is 114 cm³/mol. The molecule has 162 valence electrons. The molecule has 2 aliphatic heterocycles. The molecule has 2 aliphatic rings. The first kappa shape index (κ1) is 20.2. The number of halogens is 1. The van der Waals surface area contributed by atoms with E-state index in [0.29, 0.717) is 47.1 Å². The van der Waals surface area contributed by atoms with E-state index in [4.69, 9.17) is 9.47 Å². The van der Waals surface area contributed by atoms with Gasteiger partial charge in [-0.05, 0) is 42.0 Å². The van der Waals surface area contributed by atoms with Crippen LogP contribution >= 0.6 is 0 Å². The van der Waals surface area contributed by atoms with Crippen LogP contribution < -0.4 is 14.4 Å². The van der Waals surface area contributed by atoms with Crippen molar-refractivity contribution in [2.24, 2.45) is 0 Å². The van der Waals surface area contributed by atoms with Gasteiger partial charge in [0.1, 0.15) is 19.0 Å². The fourth-order valence-corrected chi connectivity index (χ4v) is 4.16. The van der Waals surface area contributed by atoms with Gasteiger partial charge in [0.05, 0.1) is 18.7 Å². The molecule has 0 aliphatic carbocycles. The van der Waals surface area contributed by atoms with E-state index in [0.717, 1.165) is 0 Å². The van der Waals surface area contributed by atoms with Gasteiger partial charge >= 0.3 is 0 Å². The molecule has 0 spiro atoms. The molecule has 0 aromatic heterocycles. The van der Waals surface area contributed by atoms with Gasteiger partial charge < -0.3 is 19.5 Å². The van der Waals surface area contributed by atoms with E-state index in [2.05, 4.69) is 0 Å². The van der Waals surface area contributed by atoms with Gasteiger partial charge in [-0.15, -0.1) is 0 Å². The van der Waals surface area contributed by atoms with Crippen LogP contribution in [-0.4, -0.2) is 30.0 Å². The van der Waals surface area contributed by atoms with Gasteiger partial charge in [-0.25, -0.2) is 4.39 Å². The Labute approximate surface area is 183 Å². The molecule has 0 unspecified atom stereocenters. The second-order valence-corrected chi connectivity index (χ2v) is 7.85. The summed E-state index contributed by atoms with van der Waals surface area (Å²) < 4.78 is 24.3. The molecule has 0 bridgehead atoms. The number of anilines is 1. The third-order valence-corrected chi connectivity index (χ3v) is 5.77. The summed E-state index contributed by atoms with van der Waals surface area (Å²) in [5, 5.41) is 11.4. The summed E-state index contributed by atoms with van der Waals surface area (Å²) in [5.41, 5.74) is -0.0692. The van der Waals surface area contributed by atoms with Gasteiger partial charge in [0.2, 0.25) is 0 Å². The van der Waals surface area contributed by atoms with Crippen LogP contribution in [0.1, 0.15) is 27.9 Å². The van der Waals surface area contributed by atoms with Crippen LogP contribution in [0.2, 0.25) is 0 Å². The molecule has 1 atom stereocenters. The van der Waals surface area contributed by atoms with Crippen molar-refractivity contribution in [1.82, 2.24) is 0 Å². The molecule has 5 rings (SSSR count). The highest BCUT2D eigenvalue weighted by Crippen LogP contribution is 2.44. The fraction of sp³-hybridized carbons (Fsp3) is 0.200. The lowest BCUT2D eigenvalue weighted by Gasteiger charge is -2.23. The zero-order chi connectivity index (χ0) is 22.3. The number of ether oxygens (including phenoxy) is 2. The largest absolute Gasteiger partial charge is 0.486 e. The molecule has 0 fully saturated rings. The first-order valence-electron chi connectivity index (χ1n) is 10.3. The number of amides is 1. The van der Waals surface area contributed by atoms with Crippen LogP contribution in [0, 0.1) is 5.82 Å². The Morgan fingerprint density at radius 3 is 2.50 bits per heavy atom. The van der Waals surface area contributed by atoms with E-state index in [1.54, 1.807) is 54.6 Å². The van der Waals surface area contributed by atoms with Gasteiger partial charge in [0.25, 0.3) is 5.91 Å². The second kappa shape index (κ2) is 7.76. The van der Waals surface area contributed by atoms with Crippen molar-refractivity contribution in [2.45, 2.75) is 18.6 Å². The monoisotopic (exact) mass is 433 g/mol. The molecule has 32 heavy (non-hydrogen) atoms. The smallest absolute Gasteiger partial charge is 0.264 e. The van der Waals surface area contributed by atoms with Crippen molar-refractivity contribution in [1.29, 1.82) is 0 Å². The highest BCUT2D eigenvalue weighted by Gasteiger charge is 2.50. The molecule has 3 aromatic carbocycles. The number of fused-ring (bicyclic) bond motifs is 2. The highest BCUT2D eigenvalue weighted by molar-refractivity contribution is 6.10. The zero-order valence-electron chi connectivity index (χ0n) is 17.1. The molecule has 2 heterocycles. The number of carbonyl (C=O) groups excluding carboxylic acids is 2. The Morgan fingerprint density at radius 2 is 1.72 bits per heavy atom. The number of carbonyl (C=O) groups is 2. The number of nitrogens with zero attached hydrogens (tertiary/aromatic N) is 1. The number of hydrogen-bond donors (Lipinski definition) is 1. The average Bonchev–Trinajstić information content (AvgIpc) is 3.02. The maximum absolute atomic E-state index is 13.4. The van der Waals surface area contributed by atoms with Gasteiger partial charge in [-0.2, -0.15) is 0 Å². The number of aliphatic hydroxyl groups is 1. The summed E-state index contributed by atoms with van der Waals surface area (Å²) >= 11 is 0. The molecule has 7 heteroatoms. The van der Waals surface area contributed by atoms with E-state index in [-0.39, 0.29) is 12.4 Å². The number of hydrogen-bond acceptors (Lipinski definition) is 5. The van der Waals surface area contributed by atoms with Gasteiger partial charge in [-0.3, -0.25) is 9.59 Å². The van der Waals surface area contributed by atoms with Crippen molar-refractivity contribution in [2.75, 3.05) is 18.1 Å². The summed E-state index contributed by atoms with van der Waals surface area (Å²) in [6.07, 6.45) is -0.414. The molecule has 1 N–H and O–H groups in total. The SMILES string of the molecule is O=C(C[C@@]1(O)C(=O)N(Cc2ccc(F)cc2)c2ccccc21)c1ccc2c(c1)OCCO2. The van der Waals surface area contributed by atoms with Gasteiger partial charge in [0.15, 0.2) is 22.9 Å². The minimum absolute atomic E-state index is 0.149. The third kappa shape index (κ3) is 3.40. The standard InChI is InChI=1S/C25H20FNO5/c26-18-8-5-16(6-9-18)15-27-20-4-2-1-3-19(20)25(30,24(27)29)14-21(28)17-7-10-22-23(13-17)32-12-11-31-22/h1-10,13,30H,11-12,14-15H2/t25-/m0/s1. The van der Waals surface area contributed by atoms with Crippen LogP contribution in [0.25, 0.3) is 0 Å². The average molecular weight is 433 g/mol. The van der Waals surface area contributed by atoms with E-state index in [9.17, 15) is 19.1 Å². The molecular weight excluding hydrogens is 413 g/mol. The Morgan fingerprint density at radius 1 is 1.00 bits per heavy atom. The van der Waals surface area contributed by atoms with Crippen molar-refractivity contribution >= 4 is 17.4 Å². The zero-order valence-corrected chi connectivity index (χ0v) is 17.1. The summed E-state index contributed by atoms with van der Waals surface area (Å²) in [4.78, 5) is 27.9. The predicted octanol–water partition coefficient (Wildman–Crippen LogP) is 3.60. The molecule has 6 nitrogen and oxygen atoms in total. The van der Waals surface area contributed by atoms with Crippen LogP contribution in [-0.2, 0) is 16.9 Å². The molecular formula is C25H20FNO5. The molecule has 0 radical (unpaired) electrons. The van der Waals surface area contributed by atoms with Crippen LogP contribution in [0.4, 0.5) is 10.1 Å². The van der Waals surface area contributed by atoms with Crippen LogP contribution in [0.3, 0.4) is 0 Å². The summed E-state index contributed by atoms with van der Waals surface area (Å²) in [6.45, 7) is 0.977. The van der Waals surface area contributed by atoms with Crippen LogP contribution in [0.15, 0.2) is 66.7 Å². The lowest BCUT2D eigenvalue weighted by molar-refractivity contribution is -0.136. The van der Waals surface area contributed by atoms with Crippen molar-refractivity contribution in [3.8, 4) is 11.5 Å². The second-order valence-electron chi connectivity index (χ2n) is 7.85. The van der Waals surface area contributed by atoms with Crippen molar-refractivity contribution in [3.05, 3.63) is 89.2 Å². The first-order chi connectivity index (χ1) is 15.5. The topological polar surface area (TPSA) is 76.1 Å². The van der Waals surface area contributed by atoms with Crippen molar-refractivity contribution in [3.63, 3.8) is 0 Å². The molecule has 0 saturated heterocycles. The fourth-order valence-electron chi connectivity index (χ4n) is 4.16. The first-order valence-corrected chi connectivity index (χ1v) is 10.3. The summed E-state index contributed by atoms with van der Waals surface area (Å²) in [6, 6.07) is 17.5. The molecule has 1 amide bonds. The summed E-state index contributed by atoms with van der Waals surface area (Å²) in [5.74, 6) is -0.335. The number of ketones is 1. The third-order valence-electron chi connectivity index (χ3n) is 5.77. The number of benzene rings is 3. The van der Waals surface area contributed by atoms with E-state index >= 15 is 0 Å².